The van der Waals surface area contributed by atoms with Crippen molar-refractivity contribution in [3.05, 3.63) is 67.8 Å². The highest BCUT2D eigenvalue weighted by molar-refractivity contribution is 6.35. The molecule has 1 heterocycles. The summed E-state index contributed by atoms with van der Waals surface area (Å²) in [5.41, 5.74) is 1.18. The minimum Gasteiger partial charge on any atom is -0.478 e. The van der Waals surface area contributed by atoms with E-state index in [4.69, 9.17) is 33.0 Å². The second-order valence-electron chi connectivity index (χ2n) is 5.28. The number of carboxylic acid groups (broad SMARTS) is 1. The quantitative estimate of drug-likeness (QED) is 0.811. The Bertz CT molecular complexity index is 826. The van der Waals surface area contributed by atoms with Gasteiger partial charge in [0.05, 0.1) is 10.0 Å². The molecule has 0 fully saturated rings. The molecular weight excluding hydrogens is 360 g/mol. The Morgan fingerprint density at radius 1 is 1.33 bits per heavy atom. The Balaban J connectivity index is 2.08. The van der Waals surface area contributed by atoms with E-state index in [1.54, 1.807) is 0 Å². The maximum Gasteiger partial charge on any atom is 0.345 e. The first-order chi connectivity index (χ1) is 11.4. The van der Waals surface area contributed by atoms with E-state index in [9.17, 15) is 14.1 Å². The van der Waals surface area contributed by atoms with E-state index in [1.165, 1.54) is 30.3 Å². The highest BCUT2D eigenvalue weighted by Gasteiger charge is 2.35. The van der Waals surface area contributed by atoms with E-state index in [2.05, 4.69) is 5.18 Å². The van der Waals surface area contributed by atoms with Crippen molar-refractivity contribution in [1.29, 1.82) is 0 Å². The number of hydrogen-bond acceptors (Lipinski definition) is 4. The lowest BCUT2D eigenvalue weighted by atomic mass is 9.96. The lowest BCUT2D eigenvalue weighted by Crippen LogP contribution is -2.24. The van der Waals surface area contributed by atoms with Crippen molar-refractivity contribution in [1.82, 2.24) is 0 Å². The first kappa shape index (κ1) is 16.7. The van der Waals surface area contributed by atoms with Crippen LogP contribution < -0.4 is 4.74 Å². The summed E-state index contributed by atoms with van der Waals surface area (Å²) in [6.45, 7) is 0. The smallest absolute Gasteiger partial charge is 0.345 e. The van der Waals surface area contributed by atoms with Crippen LogP contribution in [-0.4, -0.2) is 17.2 Å². The second-order valence-corrected chi connectivity index (χ2v) is 6.06. The predicted molar refractivity (Wildman–Crippen MR) is 86.3 cm³/mol. The topological polar surface area (TPSA) is 76.0 Å². The Morgan fingerprint density at radius 2 is 2.00 bits per heavy atom. The molecule has 24 heavy (non-hydrogen) atoms. The molecule has 0 spiro atoms. The molecule has 0 bridgehead atoms. The number of benzene rings is 2. The first-order valence-corrected chi connectivity index (χ1v) is 7.66. The molecule has 2 atom stereocenters. The molecule has 0 saturated carbocycles. The maximum atomic E-state index is 13.1. The molecule has 0 aromatic heterocycles. The van der Waals surface area contributed by atoms with Gasteiger partial charge < -0.3 is 9.84 Å². The zero-order valence-corrected chi connectivity index (χ0v) is 13.5. The highest BCUT2D eigenvalue weighted by atomic mass is 35.5. The van der Waals surface area contributed by atoms with Gasteiger partial charge in [-0.05, 0) is 23.8 Å². The molecule has 0 saturated heterocycles. The minimum absolute atomic E-state index is 0.0338. The summed E-state index contributed by atoms with van der Waals surface area (Å²) < 4.78 is 18.4. The predicted octanol–water partition coefficient (Wildman–Crippen LogP) is 4.38. The summed E-state index contributed by atoms with van der Waals surface area (Å²) in [7, 11) is 0. The third kappa shape index (κ3) is 2.83. The van der Waals surface area contributed by atoms with Crippen molar-refractivity contribution in [3.63, 3.8) is 0 Å². The summed E-state index contributed by atoms with van der Waals surface area (Å²) in [4.78, 5) is 22.5. The Labute approximate surface area is 145 Å². The summed E-state index contributed by atoms with van der Waals surface area (Å²) in [5, 5.41) is 12.5. The molecule has 2 aromatic rings. The number of ether oxygens (including phenoxy) is 1. The minimum atomic E-state index is -1.14. The number of halogens is 3. The van der Waals surface area contributed by atoms with Crippen LogP contribution >= 0.6 is 23.2 Å². The fourth-order valence-corrected chi connectivity index (χ4v) is 3.24. The van der Waals surface area contributed by atoms with Crippen LogP contribution in [0.25, 0.3) is 0 Å². The standard InChI is InChI=1S/C16H10Cl2FNO4/c17-11-5-9(14(20-23)7-1-3-8(19)4-2-7)13(18)10-6-12(16(21)22)24-15(10)11/h1-5,12,14H,6H2,(H,21,22). The number of fused-ring (bicyclic) bond motifs is 1. The lowest BCUT2D eigenvalue weighted by molar-refractivity contribution is -0.144. The van der Waals surface area contributed by atoms with Gasteiger partial charge in [0, 0.05) is 17.5 Å². The number of nitroso groups, excluding NO2 is 1. The Morgan fingerprint density at radius 3 is 2.58 bits per heavy atom. The number of aliphatic carboxylic acids is 1. The SMILES string of the molecule is O=NC(c1ccc(F)cc1)c1cc(Cl)c2c(c1Cl)CC(C(=O)O)O2. The average Bonchev–Trinajstić information content (AvgIpc) is 3.01. The highest BCUT2D eigenvalue weighted by Crippen LogP contribution is 2.45. The zero-order valence-electron chi connectivity index (χ0n) is 12.0. The van der Waals surface area contributed by atoms with Crippen molar-refractivity contribution in [2.45, 2.75) is 18.6 Å². The molecular formula is C16H10Cl2FNO4. The van der Waals surface area contributed by atoms with Gasteiger partial charge in [-0.3, -0.25) is 0 Å². The van der Waals surface area contributed by atoms with Gasteiger partial charge >= 0.3 is 5.97 Å². The van der Waals surface area contributed by atoms with Crippen LogP contribution in [0.5, 0.6) is 5.75 Å². The summed E-state index contributed by atoms with van der Waals surface area (Å²) >= 11 is 12.5. The van der Waals surface area contributed by atoms with Crippen LogP contribution in [0.15, 0.2) is 35.5 Å². The van der Waals surface area contributed by atoms with E-state index < -0.39 is 23.9 Å². The van der Waals surface area contributed by atoms with Crippen molar-refractivity contribution in [3.8, 4) is 5.75 Å². The van der Waals surface area contributed by atoms with Gasteiger partial charge in [-0.2, -0.15) is 0 Å². The van der Waals surface area contributed by atoms with Crippen LogP contribution in [0.3, 0.4) is 0 Å². The van der Waals surface area contributed by atoms with Gasteiger partial charge in [-0.15, -0.1) is 4.91 Å². The number of hydrogen-bond donors (Lipinski definition) is 1. The number of carbonyl (C=O) groups is 1. The normalized spacial score (nSPS) is 17.0. The molecule has 3 rings (SSSR count). The molecule has 8 heteroatoms. The average molecular weight is 370 g/mol. The van der Waals surface area contributed by atoms with E-state index in [0.29, 0.717) is 16.7 Å². The molecule has 124 valence electrons. The number of rotatable bonds is 4. The summed E-state index contributed by atoms with van der Waals surface area (Å²) in [6, 6.07) is 5.69. The van der Waals surface area contributed by atoms with Crippen molar-refractivity contribution in [2.75, 3.05) is 0 Å². The summed E-state index contributed by atoms with van der Waals surface area (Å²) in [5.74, 6) is -1.38. The molecule has 2 unspecified atom stereocenters. The monoisotopic (exact) mass is 369 g/mol. The Kier molecular flexibility index (Phi) is 4.43. The van der Waals surface area contributed by atoms with Gasteiger partial charge in [0.1, 0.15) is 17.6 Å². The first-order valence-electron chi connectivity index (χ1n) is 6.90. The third-order valence-electron chi connectivity index (χ3n) is 3.80. The van der Waals surface area contributed by atoms with Gasteiger partial charge in [0.2, 0.25) is 0 Å². The molecule has 0 aliphatic carbocycles. The largest absolute Gasteiger partial charge is 0.478 e. The summed E-state index contributed by atoms with van der Waals surface area (Å²) in [6.07, 6.45) is -1.05. The molecule has 2 aromatic carbocycles. The van der Waals surface area contributed by atoms with E-state index in [1.807, 2.05) is 0 Å². The van der Waals surface area contributed by atoms with Crippen LogP contribution in [0.2, 0.25) is 10.0 Å². The van der Waals surface area contributed by atoms with Gasteiger partial charge in [-0.1, -0.05) is 40.5 Å². The molecule has 0 radical (unpaired) electrons. The molecule has 5 nitrogen and oxygen atoms in total. The van der Waals surface area contributed by atoms with E-state index >= 15 is 0 Å². The second kappa shape index (κ2) is 6.37. The van der Waals surface area contributed by atoms with Crippen LogP contribution in [-0.2, 0) is 11.2 Å². The van der Waals surface area contributed by atoms with Crippen LogP contribution in [0, 0.1) is 10.7 Å². The van der Waals surface area contributed by atoms with E-state index in [0.717, 1.165) is 0 Å². The molecule has 1 N–H and O–H groups in total. The fraction of sp³-hybridized carbons (Fsp3) is 0.188. The van der Waals surface area contributed by atoms with Crippen LogP contribution in [0.4, 0.5) is 4.39 Å². The Hall–Kier alpha value is -2.18. The number of nitrogens with zero attached hydrogens (tertiary/aromatic N) is 1. The van der Waals surface area contributed by atoms with Crippen molar-refractivity contribution < 1.29 is 19.0 Å². The van der Waals surface area contributed by atoms with Gasteiger partial charge in [0.25, 0.3) is 0 Å². The van der Waals surface area contributed by atoms with E-state index in [-0.39, 0.29) is 22.2 Å². The molecule has 0 amide bonds. The van der Waals surface area contributed by atoms with Crippen LogP contribution in [0.1, 0.15) is 22.7 Å². The van der Waals surface area contributed by atoms with Crippen molar-refractivity contribution >= 4 is 29.2 Å². The maximum absolute atomic E-state index is 13.1. The molecule has 1 aliphatic rings. The van der Waals surface area contributed by atoms with Gasteiger partial charge in [0.15, 0.2) is 6.10 Å². The third-order valence-corrected chi connectivity index (χ3v) is 4.53. The number of carboxylic acids is 1. The fourth-order valence-electron chi connectivity index (χ4n) is 2.64. The van der Waals surface area contributed by atoms with Crippen molar-refractivity contribution in [2.24, 2.45) is 5.18 Å². The zero-order chi connectivity index (χ0) is 17.4. The molecule has 1 aliphatic heterocycles. The van der Waals surface area contributed by atoms with Gasteiger partial charge in [-0.25, -0.2) is 9.18 Å². The lowest BCUT2D eigenvalue weighted by Gasteiger charge is -2.15.